The molecule has 0 radical (unpaired) electrons. The Hall–Kier alpha value is -2.75. The average molecular weight is 284 g/mol. The van der Waals surface area contributed by atoms with Gasteiger partial charge < -0.3 is 14.6 Å². The number of phenols is 1. The number of aromatic hydroxyl groups is 1. The van der Waals surface area contributed by atoms with Crippen molar-refractivity contribution in [3.63, 3.8) is 0 Å². The van der Waals surface area contributed by atoms with Crippen molar-refractivity contribution in [2.45, 2.75) is 7.43 Å². The van der Waals surface area contributed by atoms with E-state index in [0.29, 0.717) is 22.6 Å². The zero-order valence-electron chi connectivity index (χ0n) is 10.8. The van der Waals surface area contributed by atoms with Crippen LogP contribution in [-0.2, 0) is 0 Å². The van der Waals surface area contributed by atoms with Crippen LogP contribution in [0.15, 0.2) is 48.2 Å². The maximum Gasteiger partial charge on any atom is 0.231 e. The Kier molecular flexibility index (Phi) is 3.98. The molecule has 0 bridgehead atoms. The molecule has 0 saturated heterocycles. The van der Waals surface area contributed by atoms with Gasteiger partial charge in [0.1, 0.15) is 5.75 Å². The molecule has 108 valence electrons. The first-order valence-electron chi connectivity index (χ1n) is 6.09. The first-order chi connectivity index (χ1) is 9.69. The van der Waals surface area contributed by atoms with Crippen LogP contribution in [0.5, 0.6) is 17.2 Å². The molecule has 4 heteroatoms. The Morgan fingerprint density at radius 1 is 1.19 bits per heavy atom. The van der Waals surface area contributed by atoms with Gasteiger partial charge in [0, 0.05) is 0 Å². The van der Waals surface area contributed by atoms with Crippen LogP contribution < -0.4 is 9.47 Å². The summed E-state index contributed by atoms with van der Waals surface area (Å²) in [6.45, 7) is 0. The molecule has 0 spiro atoms. The van der Waals surface area contributed by atoms with Gasteiger partial charge >= 0.3 is 0 Å². The normalized spacial score (nSPS) is 14.3. The molecular weight excluding hydrogens is 268 g/mol. The van der Waals surface area contributed by atoms with Crippen molar-refractivity contribution in [2.75, 3.05) is 7.11 Å². The maximum atomic E-state index is 12.1. The summed E-state index contributed by atoms with van der Waals surface area (Å²) in [5, 5.41) is 9.72. The van der Waals surface area contributed by atoms with Gasteiger partial charge in [-0.3, -0.25) is 4.79 Å². The van der Waals surface area contributed by atoms with Gasteiger partial charge in [0.05, 0.1) is 12.7 Å². The third-order valence-electron chi connectivity index (χ3n) is 3.08. The van der Waals surface area contributed by atoms with E-state index in [9.17, 15) is 9.90 Å². The number of fused-ring (bicyclic) bond motifs is 1. The average Bonchev–Trinajstić information content (AvgIpc) is 2.76. The summed E-state index contributed by atoms with van der Waals surface area (Å²) in [4.78, 5) is 12.1. The number of benzene rings is 2. The number of methoxy groups -OCH3 is 1. The predicted octanol–water partition coefficient (Wildman–Crippen LogP) is 3.65. The number of Topliss-reactive ketones (excluding diaryl/α,β-unsaturated/α-hetero) is 1. The predicted molar refractivity (Wildman–Crippen MR) is 80.8 cm³/mol. The van der Waals surface area contributed by atoms with Crippen molar-refractivity contribution < 1.29 is 19.4 Å². The molecular formula is C17H16O4. The third-order valence-corrected chi connectivity index (χ3v) is 3.08. The molecule has 1 N–H and O–H groups in total. The van der Waals surface area contributed by atoms with Gasteiger partial charge in [0.25, 0.3) is 0 Å². The molecule has 1 aliphatic rings. The number of ketones is 1. The van der Waals surface area contributed by atoms with Crippen molar-refractivity contribution in [2.24, 2.45) is 0 Å². The molecule has 0 saturated carbocycles. The van der Waals surface area contributed by atoms with Crippen molar-refractivity contribution in [3.8, 4) is 17.2 Å². The number of phenolic OH excluding ortho intramolecular Hbond substituents is 1. The van der Waals surface area contributed by atoms with E-state index in [0.717, 1.165) is 0 Å². The molecule has 0 unspecified atom stereocenters. The summed E-state index contributed by atoms with van der Waals surface area (Å²) >= 11 is 0. The lowest BCUT2D eigenvalue weighted by Crippen LogP contribution is -1.98. The molecule has 0 atom stereocenters. The van der Waals surface area contributed by atoms with Crippen LogP contribution in [0.25, 0.3) is 6.08 Å². The minimum atomic E-state index is -0.157. The van der Waals surface area contributed by atoms with Crippen molar-refractivity contribution in [1.29, 1.82) is 0 Å². The van der Waals surface area contributed by atoms with Gasteiger partial charge in [-0.1, -0.05) is 25.6 Å². The molecule has 2 aromatic rings. The van der Waals surface area contributed by atoms with Crippen LogP contribution in [0.1, 0.15) is 23.3 Å². The highest BCUT2D eigenvalue weighted by molar-refractivity contribution is 6.14. The van der Waals surface area contributed by atoms with Crippen molar-refractivity contribution >= 4 is 11.9 Å². The maximum absolute atomic E-state index is 12.1. The molecule has 0 aliphatic carbocycles. The first kappa shape index (κ1) is 14.7. The van der Waals surface area contributed by atoms with Crippen molar-refractivity contribution in [3.05, 3.63) is 59.4 Å². The summed E-state index contributed by atoms with van der Waals surface area (Å²) in [6.07, 6.45) is 1.60. The van der Waals surface area contributed by atoms with Crippen LogP contribution in [0.2, 0.25) is 0 Å². The molecule has 1 heterocycles. The minimum absolute atomic E-state index is 0. The highest BCUT2D eigenvalue weighted by Gasteiger charge is 2.26. The van der Waals surface area contributed by atoms with Crippen LogP contribution in [0.4, 0.5) is 0 Å². The zero-order chi connectivity index (χ0) is 14.1. The van der Waals surface area contributed by atoms with E-state index in [-0.39, 0.29) is 24.7 Å². The topological polar surface area (TPSA) is 55.8 Å². The monoisotopic (exact) mass is 284 g/mol. The fourth-order valence-electron chi connectivity index (χ4n) is 2.08. The molecule has 0 amide bonds. The fourth-order valence-corrected chi connectivity index (χ4v) is 2.08. The van der Waals surface area contributed by atoms with E-state index in [1.165, 1.54) is 13.2 Å². The molecule has 2 aromatic carbocycles. The molecule has 0 aromatic heterocycles. The Morgan fingerprint density at radius 3 is 2.62 bits per heavy atom. The quantitative estimate of drug-likeness (QED) is 0.855. The van der Waals surface area contributed by atoms with E-state index in [1.807, 2.05) is 6.07 Å². The number of carbonyl (C=O) groups excluding carboxylic acids is 1. The highest BCUT2D eigenvalue weighted by Crippen LogP contribution is 2.32. The Labute approximate surface area is 123 Å². The number of hydrogen-bond donors (Lipinski definition) is 1. The number of hydrogen-bond acceptors (Lipinski definition) is 4. The lowest BCUT2D eigenvalue weighted by atomic mass is 10.1. The number of carbonyl (C=O) groups is 1. The van der Waals surface area contributed by atoms with Crippen molar-refractivity contribution in [1.82, 2.24) is 0 Å². The molecule has 0 fully saturated rings. The van der Waals surface area contributed by atoms with Gasteiger partial charge in [0.2, 0.25) is 5.78 Å². The molecule has 3 rings (SSSR count). The summed E-state index contributed by atoms with van der Waals surface area (Å²) in [7, 11) is 1.48. The number of rotatable bonds is 2. The Morgan fingerprint density at radius 2 is 1.95 bits per heavy atom. The van der Waals surface area contributed by atoms with Crippen LogP contribution in [-0.4, -0.2) is 18.0 Å². The standard InChI is InChI=1S/C16H12O4.CH4/c1-19-14-7-6-10(8-12(14)17)9-15-16(18)11-4-2-3-5-13(11)20-15;/h2-9,17H,1H3;1H4/b15-9-;. The third kappa shape index (κ3) is 2.60. The minimum Gasteiger partial charge on any atom is -0.504 e. The van der Waals surface area contributed by atoms with Crippen LogP contribution in [0.3, 0.4) is 0 Å². The van der Waals surface area contributed by atoms with Gasteiger partial charge in [-0.05, 0) is 35.9 Å². The molecule has 1 aliphatic heterocycles. The summed E-state index contributed by atoms with van der Waals surface area (Å²) in [6, 6.07) is 12.0. The van der Waals surface area contributed by atoms with E-state index >= 15 is 0 Å². The van der Waals surface area contributed by atoms with Gasteiger partial charge in [-0.15, -0.1) is 0 Å². The summed E-state index contributed by atoms with van der Waals surface area (Å²) in [5.74, 6) is 1.05. The van der Waals surface area contributed by atoms with Gasteiger partial charge in [-0.2, -0.15) is 0 Å². The van der Waals surface area contributed by atoms with E-state index in [2.05, 4.69) is 0 Å². The Balaban J connectivity index is 0.00000161. The number of para-hydroxylation sites is 1. The molecule has 21 heavy (non-hydrogen) atoms. The SMILES string of the molecule is C.COc1ccc(/C=C2\Oc3ccccc3C2=O)cc1O. The number of ether oxygens (including phenoxy) is 2. The molecule has 4 nitrogen and oxygen atoms in total. The highest BCUT2D eigenvalue weighted by atomic mass is 16.5. The fraction of sp³-hybridized carbons (Fsp3) is 0.118. The van der Waals surface area contributed by atoms with E-state index in [1.54, 1.807) is 36.4 Å². The van der Waals surface area contributed by atoms with Crippen LogP contribution in [0, 0.1) is 0 Å². The first-order valence-corrected chi connectivity index (χ1v) is 6.09. The van der Waals surface area contributed by atoms with E-state index < -0.39 is 0 Å². The Bertz CT molecular complexity index is 716. The second-order valence-electron chi connectivity index (χ2n) is 4.37. The zero-order valence-corrected chi connectivity index (χ0v) is 10.8. The number of allylic oxidation sites excluding steroid dienone is 1. The largest absolute Gasteiger partial charge is 0.504 e. The second-order valence-corrected chi connectivity index (χ2v) is 4.37. The summed E-state index contributed by atoms with van der Waals surface area (Å²) < 4.78 is 10.5. The lowest BCUT2D eigenvalue weighted by molar-refractivity contribution is 0.101. The van der Waals surface area contributed by atoms with Crippen LogP contribution >= 0.6 is 0 Å². The van der Waals surface area contributed by atoms with Gasteiger partial charge in [0.15, 0.2) is 17.3 Å². The smallest absolute Gasteiger partial charge is 0.231 e. The lowest BCUT2D eigenvalue weighted by Gasteiger charge is -2.04. The van der Waals surface area contributed by atoms with Gasteiger partial charge in [-0.25, -0.2) is 0 Å². The van der Waals surface area contributed by atoms with E-state index in [4.69, 9.17) is 9.47 Å². The second kappa shape index (κ2) is 5.71. The summed E-state index contributed by atoms with van der Waals surface area (Å²) in [5.41, 5.74) is 1.22.